The predicted molar refractivity (Wildman–Crippen MR) is 53.7 cm³/mol. The van der Waals surface area contributed by atoms with Crippen LogP contribution in [-0.4, -0.2) is 23.6 Å². The highest BCUT2D eigenvalue weighted by atomic mass is 127. The van der Waals surface area contributed by atoms with Gasteiger partial charge in [0.25, 0.3) is 0 Å². The van der Waals surface area contributed by atoms with E-state index in [1.54, 1.807) is 0 Å². The van der Waals surface area contributed by atoms with Gasteiger partial charge in [-0.1, -0.05) is 0 Å². The Hall–Kier alpha value is -0.390. The van der Waals surface area contributed by atoms with Crippen molar-refractivity contribution < 1.29 is 0 Å². The fourth-order valence-electron chi connectivity index (χ4n) is 0.644. The highest BCUT2D eigenvalue weighted by Crippen LogP contribution is 2.05. The molecule has 1 rings (SSSR count). The summed E-state index contributed by atoms with van der Waals surface area (Å²) >= 11 is 2.19. The topological polar surface area (TPSA) is 29.0 Å². The molecule has 0 aliphatic carbocycles. The van der Waals surface area contributed by atoms with Gasteiger partial charge >= 0.3 is 0 Å². The Morgan fingerprint density at radius 3 is 2.45 bits per heavy atom. The molecular formula is C7H10IN3. The summed E-state index contributed by atoms with van der Waals surface area (Å²) in [6.45, 7) is 3.00. The van der Waals surface area contributed by atoms with Gasteiger partial charge in [-0.15, -0.1) is 0 Å². The second-order valence-electron chi connectivity index (χ2n) is 2.22. The van der Waals surface area contributed by atoms with E-state index in [9.17, 15) is 0 Å². The molecule has 1 aromatic heterocycles. The highest BCUT2D eigenvalue weighted by molar-refractivity contribution is 14.1. The minimum atomic E-state index is 0.785. The minimum absolute atomic E-state index is 0.785. The summed E-state index contributed by atoms with van der Waals surface area (Å²) in [6.07, 6.45) is 3.63. The second kappa shape index (κ2) is 3.85. The molecule has 4 heteroatoms. The summed E-state index contributed by atoms with van der Waals surface area (Å²) in [5, 5.41) is 0. The van der Waals surface area contributed by atoms with E-state index < -0.39 is 0 Å². The van der Waals surface area contributed by atoms with Gasteiger partial charge < -0.3 is 4.90 Å². The van der Waals surface area contributed by atoms with Gasteiger partial charge in [0.1, 0.15) is 0 Å². The quantitative estimate of drug-likeness (QED) is 0.758. The first-order valence-corrected chi connectivity index (χ1v) is 4.50. The van der Waals surface area contributed by atoms with Gasteiger partial charge in [-0.25, -0.2) is 9.97 Å². The van der Waals surface area contributed by atoms with Gasteiger partial charge in [-0.3, -0.25) is 0 Å². The Kier molecular flexibility index (Phi) is 3.04. The molecule has 0 radical (unpaired) electrons. The van der Waals surface area contributed by atoms with Crippen LogP contribution in [0, 0.1) is 3.57 Å². The number of rotatable bonds is 2. The van der Waals surface area contributed by atoms with E-state index in [4.69, 9.17) is 0 Å². The SMILES string of the molecule is CCN(C)c1ncc(I)cn1. The van der Waals surface area contributed by atoms with Crippen LogP contribution in [0.1, 0.15) is 6.92 Å². The molecule has 0 unspecified atom stereocenters. The third-order valence-electron chi connectivity index (χ3n) is 1.42. The molecule has 11 heavy (non-hydrogen) atoms. The molecule has 0 saturated carbocycles. The van der Waals surface area contributed by atoms with Crippen molar-refractivity contribution in [2.45, 2.75) is 6.92 Å². The van der Waals surface area contributed by atoms with Crippen molar-refractivity contribution in [2.75, 3.05) is 18.5 Å². The molecule has 0 aromatic carbocycles. The summed E-state index contributed by atoms with van der Waals surface area (Å²) in [4.78, 5) is 10.3. The smallest absolute Gasteiger partial charge is 0.225 e. The van der Waals surface area contributed by atoms with Crippen LogP contribution < -0.4 is 4.90 Å². The van der Waals surface area contributed by atoms with Gasteiger partial charge in [0, 0.05) is 29.6 Å². The van der Waals surface area contributed by atoms with Crippen molar-refractivity contribution in [3.8, 4) is 0 Å². The lowest BCUT2D eigenvalue weighted by Crippen LogP contribution is -2.18. The van der Waals surface area contributed by atoms with Gasteiger partial charge in [-0.05, 0) is 29.5 Å². The van der Waals surface area contributed by atoms with Crippen molar-refractivity contribution >= 4 is 28.5 Å². The Labute approximate surface area is 80.0 Å². The Balaban J connectivity index is 2.81. The number of anilines is 1. The van der Waals surface area contributed by atoms with Crippen LogP contribution in [0.25, 0.3) is 0 Å². The third kappa shape index (κ3) is 2.28. The molecular weight excluding hydrogens is 253 g/mol. The van der Waals surface area contributed by atoms with Crippen LogP contribution in [0.4, 0.5) is 5.95 Å². The molecule has 0 saturated heterocycles. The van der Waals surface area contributed by atoms with E-state index >= 15 is 0 Å². The van der Waals surface area contributed by atoms with E-state index in [2.05, 4.69) is 39.5 Å². The Morgan fingerprint density at radius 1 is 1.45 bits per heavy atom. The standard InChI is InChI=1S/C7H10IN3/c1-3-11(2)7-9-4-6(8)5-10-7/h4-5H,3H2,1-2H3. The van der Waals surface area contributed by atoms with Crippen LogP contribution in [0.5, 0.6) is 0 Å². The zero-order valence-electron chi connectivity index (χ0n) is 6.58. The second-order valence-corrected chi connectivity index (χ2v) is 3.46. The number of halogens is 1. The zero-order valence-corrected chi connectivity index (χ0v) is 8.74. The van der Waals surface area contributed by atoms with Gasteiger partial charge in [0.05, 0.1) is 0 Å². The van der Waals surface area contributed by atoms with Crippen LogP contribution in [0.3, 0.4) is 0 Å². The number of aromatic nitrogens is 2. The highest BCUT2D eigenvalue weighted by Gasteiger charge is 1.98. The van der Waals surface area contributed by atoms with E-state index in [0.717, 1.165) is 16.1 Å². The van der Waals surface area contributed by atoms with Gasteiger partial charge in [-0.2, -0.15) is 0 Å². The summed E-state index contributed by atoms with van der Waals surface area (Å²) in [5.74, 6) is 0.785. The molecule has 0 fully saturated rings. The fraction of sp³-hybridized carbons (Fsp3) is 0.429. The predicted octanol–water partition coefficient (Wildman–Crippen LogP) is 1.54. The van der Waals surface area contributed by atoms with Gasteiger partial charge in [0.15, 0.2) is 0 Å². The van der Waals surface area contributed by atoms with E-state index in [0.29, 0.717) is 0 Å². The van der Waals surface area contributed by atoms with Crippen LogP contribution >= 0.6 is 22.6 Å². The maximum atomic E-state index is 4.16. The van der Waals surface area contributed by atoms with Crippen LogP contribution in [0.15, 0.2) is 12.4 Å². The minimum Gasteiger partial charge on any atom is -0.344 e. The molecule has 0 N–H and O–H groups in total. The lowest BCUT2D eigenvalue weighted by molar-refractivity contribution is 0.899. The number of hydrogen-bond acceptors (Lipinski definition) is 3. The molecule has 0 spiro atoms. The summed E-state index contributed by atoms with van der Waals surface area (Å²) in [6, 6.07) is 0. The molecule has 1 heterocycles. The molecule has 1 aromatic rings. The number of hydrogen-bond donors (Lipinski definition) is 0. The largest absolute Gasteiger partial charge is 0.344 e. The lowest BCUT2D eigenvalue weighted by atomic mass is 10.6. The Bertz CT molecular complexity index is 222. The summed E-state index contributed by atoms with van der Waals surface area (Å²) in [5.41, 5.74) is 0. The summed E-state index contributed by atoms with van der Waals surface area (Å²) in [7, 11) is 1.97. The maximum absolute atomic E-state index is 4.16. The lowest BCUT2D eigenvalue weighted by Gasteiger charge is -2.12. The molecule has 0 aliphatic rings. The van der Waals surface area contributed by atoms with Crippen molar-refractivity contribution in [3.63, 3.8) is 0 Å². The average molecular weight is 263 g/mol. The zero-order chi connectivity index (χ0) is 8.27. The third-order valence-corrected chi connectivity index (χ3v) is 1.98. The molecule has 3 nitrogen and oxygen atoms in total. The van der Waals surface area contributed by atoms with Crippen LogP contribution in [-0.2, 0) is 0 Å². The van der Waals surface area contributed by atoms with Crippen molar-refractivity contribution in [3.05, 3.63) is 16.0 Å². The molecule has 60 valence electrons. The van der Waals surface area contributed by atoms with Crippen molar-refractivity contribution in [2.24, 2.45) is 0 Å². The van der Waals surface area contributed by atoms with E-state index in [1.807, 2.05) is 24.3 Å². The van der Waals surface area contributed by atoms with Gasteiger partial charge in [0.2, 0.25) is 5.95 Å². The average Bonchev–Trinajstić information content (AvgIpc) is 2.05. The molecule has 0 bridgehead atoms. The monoisotopic (exact) mass is 263 g/mol. The molecule has 0 amide bonds. The van der Waals surface area contributed by atoms with E-state index in [1.165, 1.54) is 0 Å². The van der Waals surface area contributed by atoms with Crippen LogP contribution in [0.2, 0.25) is 0 Å². The maximum Gasteiger partial charge on any atom is 0.225 e. The first-order valence-electron chi connectivity index (χ1n) is 3.42. The first-order chi connectivity index (χ1) is 5.24. The molecule has 0 atom stereocenters. The summed E-state index contributed by atoms with van der Waals surface area (Å²) < 4.78 is 1.07. The Morgan fingerprint density at radius 2 is 2.00 bits per heavy atom. The van der Waals surface area contributed by atoms with E-state index in [-0.39, 0.29) is 0 Å². The van der Waals surface area contributed by atoms with Crippen molar-refractivity contribution in [1.29, 1.82) is 0 Å². The molecule has 0 aliphatic heterocycles. The first kappa shape index (κ1) is 8.70. The number of nitrogens with zero attached hydrogens (tertiary/aromatic N) is 3. The normalized spacial score (nSPS) is 9.73. The fourth-order valence-corrected chi connectivity index (χ4v) is 0.923. The van der Waals surface area contributed by atoms with Crippen molar-refractivity contribution in [1.82, 2.24) is 9.97 Å².